The van der Waals surface area contributed by atoms with E-state index in [1.807, 2.05) is 0 Å². The minimum atomic E-state index is -6.13. The Morgan fingerprint density at radius 3 is 2.60 bits per heavy atom. The highest BCUT2D eigenvalue weighted by Crippen LogP contribution is 2.42. The van der Waals surface area contributed by atoms with Gasteiger partial charge in [-0.15, -0.1) is 5.10 Å². The average Bonchev–Trinajstić information content (AvgIpc) is 3.39. The minimum absolute atomic E-state index is 0.297. The molecule has 0 spiro atoms. The molecule has 0 saturated carbocycles. The van der Waals surface area contributed by atoms with Crippen LogP contribution in [0.15, 0.2) is 36.9 Å². The number of anilines is 1. The molecule has 3 atom stereocenters. The summed E-state index contributed by atoms with van der Waals surface area (Å²) in [5.41, 5.74) is -0.772. The maximum Gasteiger partial charge on any atom is 0.447 e. The number of halogens is 7. The van der Waals surface area contributed by atoms with Crippen molar-refractivity contribution in [2.75, 3.05) is 11.5 Å². The van der Waals surface area contributed by atoms with E-state index in [4.69, 9.17) is 0 Å². The van der Waals surface area contributed by atoms with Gasteiger partial charge in [0, 0.05) is 18.6 Å². The van der Waals surface area contributed by atoms with E-state index in [1.54, 1.807) is 0 Å². The van der Waals surface area contributed by atoms with Crippen molar-refractivity contribution < 1.29 is 40.6 Å². The monoisotopic (exact) mass is 506 g/mol. The Kier molecular flexibility index (Phi) is 6.29. The lowest BCUT2D eigenvalue weighted by Gasteiger charge is -2.31. The predicted octanol–water partition coefficient (Wildman–Crippen LogP) is 3.19. The second-order valence-corrected chi connectivity index (χ2v) is 7.82. The molecule has 35 heavy (non-hydrogen) atoms. The summed E-state index contributed by atoms with van der Waals surface area (Å²) in [7, 11) is 0. The Labute approximate surface area is 192 Å². The summed E-state index contributed by atoms with van der Waals surface area (Å²) in [6.07, 6.45) is -5.46. The third-order valence-electron chi connectivity index (χ3n) is 5.68. The van der Waals surface area contributed by atoms with Gasteiger partial charge in [-0.2, -0.15) is 13.2 Å². The Balaban J connectivity index is 1.86. The van der Waals surface area contributed by atoms with Gasteiger partial charge in [-0.05, 0) is 30.5 Å². The smallest absolute Gasteiger partial charge is 0.394 e. The van der Waals surface area contributed by atoms with Crippen molar-refractivity contribution in [3.8, 4) is 0 Å². The number of pyridine rings is 1. The van der Waals surface area contributed by atoms with Gasteiger partial charge < -0.3 is 15.3 Å². The van der Waals surface area contributed by atoms with Crippen LogP contribution in [-0.2, 0) is 0 Å². The summed E-state index contributed by atoms with van der Waals surface area (Å²) in [6, 6.07) is 1.03. The van der Waals surface area contributed by atoms with Crippen LogP contribution in [0.1, 0.15) is 34.8 Å². The molecule has 3 aromatic heterocycles. The lowest BCUT2D eigenvalue weighted by Crippen LogP contribution is -2.60. The number of hydrogen-bond acceptors (Lipinski definition) is 6. The maximum absolute atomic E-state index is 14.3. The summed E-state index contributed by atoms with van der Waals surface area (Å²) in [5, 5.41) is 14.8. The van der Waals surface area contributed by atoms with E-state index < -0.39 is 54.4 Å². The van der Waals surface area contributed by atoms with Crippen LogP contribution in [0.5, 0.6) is 0 Å². The van der Waals surface area contributed by atoms with E-state index in [0.29, 0.717) is 18.4 Å². The number of aromatic nitrogens is 4. The molecule has 1 fully saturated rings. The molecule has 3 aromatic rings. The molecule has 0 aromatic carbocycles. The fraction of sp³-hybridized carbons (Fsp3) is 0.400. The van der Waals surface area contributed by atoms with Crippen LogP contribution in [0.25, 0.3) is 5.65 Å². The number of carbonyl (C=O) groups excluding carboxylic acids is 1. The molecule has 1 amide bonds. The number of hydrogen-bond donors (Lipinski definition) is 2. The number of aliphatic hydroxyl groups is 1. The molecule has 0 unspecified atom stereocenters. The molecule has 188 valence electrons. The molecule has 1 aliphatic rings. The average molecular weight is 506 g/mol. The van der Waals surface area contributed by atoms with Crippen LogP contribution < -0.4 is 10.2 Å². The first-order valence-corrected chi connectivity index (χ1v) is 10.2. The summed E-state index contributed by atoms with van der Waals surface area (Å²) in [4.78, 5) is 21.9. The highest BCUT2D eigenvalue weighted by Gasteiger charge is 2.64. The zero-order valence-corrected chi connectivity index (χ0v) is 17.6. The third-order valence-corrected chi connectivity index (χ3v) is 5.68. The molecule has 4 rings (SSSR count). The predicted molar refractivity (Wildman–Crippen MR) is 106 cm³/mol. The molecule has 1 aliphatic heterocycles. The fourth-order valence-corrected chi connectivity index (χ4v) is 4.06. The maximum atomic E-state index is 14.3. The second-order valence-electron chi connectivity index (χ2n) is 7.82. The third kappa shape index (κ3) is 4.24. The molecule has 0 bridgehead atoms. The van der Waals surface area contributed by atoms with E-state index in [1.165, 1.54) is 29.6 Å². The molecule has 8 nitrogen and oxygen atoms in total. The molecule has 2 N–H and O–H groups in total. The number of amides is 1. The molecule has 0 radical (unpaired) electrons. The first kappa shape index (κ1) is 24.6. The van der Waals surface area contributed by atoms with Crippen LogP contribution in [0.3, 0.4) is 0 Å². The lowest BCUT2D eigenvalue weighted by molar-refractivity contribution is -0.275. The summed E-state index contributed by atoms with van der Waals surface area (Å²) < 4.78 is 94.7. The quantitative estimate of drug-likeness (QED) is 0.394. The SMILES string of the molecule is O=C(N[C@@](F)(C(F)F)C(F)(F)F)c1c(N2[C@H](CO)CC[C@@H]2c2cncc(F)c2)nn2cccnc12. The zero-order chi connectivity index (χ0) is 25.5. The summed E-state index contributed by atoms with van der Waals surface area (Å²) in [6.45, 7) is -0.492. The van der Waals surface area contributed by atoms with Crippen LogP contribution in [0.4, 0.5) is 36.6 Å². The Bertz CT molecular complexity index is 1240. The van der Waals surface area contributed by atoms with Crippen molar-refractivity contribution in [3.05, 3.63) is 53.9 Å². The van der Waals surface area contributed by atoms with Gasteiger partial charge in [0.2, 0.25) is 0 Å². The van der Waals surface area contributed by atoms with Gasteiger partial charge in [-0.1, -0.05) is 0 Å². The van der Waals surface area contributed by atoms with Gasteiger partial charge in [-0.3, -0.25) is 9.78 Å². The summed E-state index contributed by atoms with van der Waals surface area (Å²) in [5.74, 6) is -8.24. The topological polar surface area (TPSA) is 95.7 Å². The van der Waals surface area contributed by atoms with E-state index >= 15 is 0 Å². The number of nitrogens with zero attached hydrogens (tertiary/aromatic N) is 5. The largest absolute Gasteiger partial charge is 0.447 e. The number of alkyl halides is 6. The number of carbonyl (C=O) groups is 1. The van der Waals surface area contributed by atoms with E-state index in [-0.39, 0.29) is 11.5 Å². The number of rotatable bonds is 6. The van der Waals surface area contributed by atoms with Crippen LogP contribution in [0, 0.1) is 5.82 Å². The Hall–Kier alpha value is -3.49. The zero-order valence-electron chi connectivity index (χ0n) is 17.6. The highest BCUT2D eigenvalue weighted by molar-refractivity contribution is 6.05. The first-order chi connectivity index (χ1) is 16.5. The van der Waals surface area contributed by atoms with Gasteiger partial charge >= 0.3 is 12.0 Å². The van der Waals surface area contributed by atoms with Crippen molar-refractivity contribution in [1.29, 1.82) is 0 Å². The molecule has 15 heteroatoms. The number of nitrogens with one attached hydrogen (secondary N) is 1. The van der Waals surface area contributed by atoms with Gasteiger partial charge in [-0.25, -0.2) is 27.1 Å². The van der Waals surface area contributed by atoms with Crippen LogP contribution in [0.2, 0.25) is 0 Å². The van der Waals surface area contributed by atoms with E-state index in [0.717, 1.165) is 22.1 Å². The minimum Gasteiger partial charge on any atom is -0.394 e. The van der Waals surface area contributed by atoms with E-state index in [2.05, 4.69) is 15.1 Å². The number of fused-ring (bicyclic) bond motifs is 1. The molecular formula is C20H17F7N6O2. The molecule has 1 saturated heterocycles. The van der Waals surface area contributed by atoms with Crippen molar-refractivity contribution >= 4 is 17.4 Å². The fourth-order valence-electron chi connectivity index (χ4n) is 4.06. The van der Waals surface area contributed by atoms with Crippen molar-refractivity contribution in [2.24, 2.45) is 0 Å². The lowest BCUT2D eigenvalue weighted by atomic mass is 10.1. The molecule has 4 heterocycles. The second kappa shape index (κ2) is 8.94. The van der Waals surface area contributed by atoms with Gasteiger partial charge in [0.05, 0.1) is 24.9 Å². The van der Waals surface area contributed by atoms with Crippen molar-refractivity contribution in [2.45, 2.75) is 43.3 Å². The summed E-state index contributed by atoms with van der Waals surface area (Å²) >= 11 is 0. The standard InChI is InChI=1S/C20H17F7N6O2/c21-11-6-10(7-28-8-11)13-3-2-12(9-34)33(13)16-14(15-29-4-1-5-32(15)31-16)17(35)30-19(24,18(22)23)20(25,26)27/h1,4-8,12-13,18,34H,2-3,9H2,(H,30,35)/t12-,13+,19-/m0/s1. The Morgan fingerprint density at radius 2 is 1.97 bits per heavy atom. The Morgan fingerprint density at radius 1 is 1.23 bits per heavy atom. The molecular weight excluding hydrogens is 489 g/mol. The van der Waals surface area contributed by atoms with Crippen molar-refractivity contribution in [1.82, 2.24) is 24.9 Å². The number of aliphatic hydroxyl groups excluding tert-OH is 1. The van der Waals surface area contributed by atoms with Crippen LogP contribution >= 0.6 is 0 Å². The highest BCUT2D eigenvalue weighted by atomic mass is 19.4. The van der Waals surface area contributed by atoms with Gasteiger partial charge in [0.1, 0.15) is 11.4 Å². The molecule has 0 aliphatic carbocycles. The van der Waals surface area contributed by atoms with Gasteiger partial charge in [0.25, 0.3) is 12.3 Å². The van der Waals surface area contributed by atoms with Crippen molar-refractivity contribution in [3.63, 3.8) is 0 Å². The van der Waals surface area contributed by atoms with E-state index in [9.17, 15) is 40.6 Å². The normalized spacial score (nSPS) is 20.4. The van der Waals surface area contributed by atoms with Gasteiger partial charge in [0.15, 0.2) is 11.5 Å². The first-order valence-electron chi connectivity index (χ1n) is 10.2. The van der Waals surface area contributed by atoms with Crippen LogP contribution in [-0.4, -0.2) is 61.6 Å².